The zero-order valence-electron chi connectivity index (χ0n) is 19.4. The van der Waals surface area contributed by atoms with Crippen molar-refractivity contribution in [3.05, 3.63) is 89.2 Å². The maximum absolute atomic E-state index is 14.4. The van der Waals surface area contributed by atoms with Gasteiger partial charge in [0.15, 0.2) is 5.82 Å². The predicted molar refractivity (Wildman–Crippen MR) is 124 cm³/mol. The third-order valence-corrected chi connectivity index (χ3v) is 4.84. The number of anilines is 3. The minimum Gasteiger partial charge on any atom is -0.406 e. The van der Waals surface area contributed by atoms with Crippen LogP contribution in [0.5, 0.6) is 5.75 Å². The van der Waals surface area contributed by atoms with Gasteiger partial charge in [0.2, 0.25) is 11.9 Å². The van der Waals surface area contributed by atoms with Crippen molar-refractivity contribution in [3.63, 3.8) is 0 Å². The van der Waals surface area contributed by atoms with Crippen LogP contribution < -0.4 is 15.5 Å². The van der Waals surface area contributed by atoms with Crippen LogP contribution in [-0.2, 0) is 6.18 Å². The molecular formula is C24H13F9N6O. The molecule has 0 aliphatic rings. The van der Waals surface area contributed by atoms with Gasteiger partial charge in [-0.1, -0.05) is 6.07 Å². The zero-order valence-corrected chi connectivity index (χ0v) is 19.4. The lowest BCUT2D eigenvalue weighted by Crippen LogP contribution is -2.17. The molecule has 0 radical (unpaired) electrons. The molecule has 0 aliphatic heterocycles. The Bertz CT molecular complexity index is 1520. The van der Waals surface area contributed by atoms with E-state index in [4.69, 9.17) is 0 Å². The van der Waals surface area contributed by atoms with Gasteiger partial charge in [0.1, 0.15) is 23.2 Å². The summed E-state index contributed by atoms with van der Waals surface area (Å²) in [5.74, 6) is -5.62. The number of aromatic nitrogens is 3. The normalized spacial score (nSPS) is 12.0. The molecule has 40 heavy (non-hydrogen) atoms. The summed E-state index contributed by atoms with van der Waals surface area (Å²) in [5, 5.41) is 6.19. The molecule has 3 aromatic carbocycles. The smallest absolute Gasteiger partial charge is 0.406 e. The first kappa shape index (κ1) is 28.1. The van der Waals surface area contributed by atoms with Gasteiger partial charge in [-0.3, -0.25) is 0 Å². The first-order valence-electron chi connectivity index (χ1n) is 10.8. The highest BCUT2D eigenvalue weighted by molar-refractivity contribution is 5.80. The summed E-state index contributed by atoms with van der Waals surface area (Å²) < 4.78 is 122. The van der Waals surface area contributed by atoms with E-state index in [0.717, 1.165) is 42.6 Å². The Hall–Kier alpha value is -4.89. The summed E-state index contributed by atoms with van der Waals surface area (Å²) in [5.41, 5.74) is 0.0530. The minimum absolute atomic E-state index is 0.292. The molecule has 0 spiro atoms. The topological polar surface area (TPSA) is 84.3 Å². The maximum atomic E-state index is 14.4. The number of halogens is 9. The monoisotopic (exact) mass is 572 g/mol. The van der Waals surface area contributed by atoms with E-state index in [0.29, 0.717) is 17.7 Å². The largest absolute Gasteiger partial charge is 0.573 e. The van der Waals surface area contributed by atoms with Crippen molar-refractivity contribution >= 4 is 23.8 Å². The predicted octanol–water partition coefficient (Wildman–Crippen LogP) is 7.06. The number of hydrogen-bond donors (Lipinski definition) is 2. The average Bonchev–Trinajstić information content (AvgIpc) is 2.85. The third kappa shape index (κ3) is 7.15. The van der Waals surface area contributed by atoms with Gasteiger partial charge in [0.05, 0.1) is 17.3 Å². The molecule has 1 heterocycles. The van der Waals surface area contributed by atoms with Gasteiger partial charge in [-0.25, -0.2) is 18.6 Å². The van der Waals surface area contributed by atoms with Gasteiger partial charge in [0.25, 0.3) is 0 Å². The second-order valence-electron chi connectivity index (χ2n) is 7.71. The Balaban J connectivity index is 1.64. The molecule has 1 aromatic heterocycles. The number of alkyl halides is 6. The quantitative estimate of drug-likeness (QED) is 0.140. The van der Waals surface area contributed by atoms with E-state index in [1.54, 1.807) is 0 Å². The van der Waals surface area contributed by atoms with Crippen LogP contribution in [0.1, 0.15) is 11.1 Å². The fraction of sp³-hybridized carbons (Fsp3) is 0.0833. The average molecular weight is 572 g/mol. The second-order valence-corrected chi connectivity index (χ2v) is 7.71. The molecule has 4 rings (SSSR count). The SMILES string of the molecule is Fc1ccc(Nc2nc(N/N=C\c3ccc(OC(F)(F)F)cc3)nc(-c3c(F)cccc3F)n2)cc1C(F)(F)F. The van der Waals surface area contributed by atoms with Gasteiger partial charge >= 0.3 is 12.5 Å². The molecule has 16 heteroatoms. The molecule has 208 valence electrons. The molecule has 0 bridgehead atoms. The number of rotatable bonds is 7. The van der Waals surface area contributed by atoms with Crippen molar-refractivity contribution in [3.8, 4) is 17.1 Å². The molecule has 4 aromatic rings. The number of nitrogens with one attached hydrogen (secondary N) is 2. The number of benzene rings is 3. The summed E-state index contributed by atoms with van der Waals surface area (Å²) >= 11 is 0. The Labute approximate surface area is 218 Å². The maximum Gasteiger partial charge on any atom is 0.573 e. The summed E-state index contributed by atoms with van der Waals surface area (Å²) in [7, 11) is 0. The summed E-state index contributed by atoms with van der Waals surface area (Å²) in [6, 6.07) is 9.39. The number of ether oxygens (including phenoxy) is 1. The van der Waals surface area contributed by atoms with E-state index in [-0.39, 0.29) is 5.69 Å². The first-order valence-corrected chi connectivity index (χ1v) is 10.8. The van der Waals surface area contributed by atoms with Crippen molar-refractivity contribution in [1.82, 2.24) is 15.0 Å². The molecule has 0 fully saturated rings. The number of hydrogen-bond acceptors (Lipinski definition) is 7. The highest BCUT2D eigenvalue weighted by atomic mass is 19.4. The Morgan fingerprint density at radius 3 is 2.02 bits per heavy atom. The lowest BCUT2D eigenvalue weighted by Gasteiger charge is -2.12. The van der Waals surface area contributed by atoms with Crippen molar-refractivity contribution < 1.29 is 44.3 Å². The van der Waals surface area contributed by atoms with Crippen molar-refractivity contribution in [2.45, 2.75) is 12.5 Å². The number of hydrazone groups is 1. The van der Waals surface area contributed by atoms with E-state index < -0.39 is 64.6 Å². The first-order chi connectivity index (χ1) is 18.8. The second kappa shape index (κ2) is 11.1. The van der Waals surface area contributed by atoms with Crippen LogP contribution in [-0.4, -0.2) is 27.5 Å². The van der Waals surface area contributed by atoms with Gasteiger partial charge in [-0.05, 0) is 60.2 Å². The van der Waals surface area contributed by atoms with Gasteiger partial charge in [-0.15, -0.1) is 13.2 Å². The molecule has 0 saturated heterocycles. The highest BCUT2D eigenvalue weighted by Gasteiger charge is 2.34. The zero-order chi connectivity index (χ0) is 29.1. The molecule has 0 aliphatic carbocycles. The summed E-state index contributed by atoms with van der Waals surface area (Å²) in [4.78, 5) is 11.6. The molecule has 0 unspecified atom stereocenters. The fourth-order valence-corrected chi connectivity index (χ4v) is 3.17. The van der Waals surface area contributed by atoms with Gasteiger partial charge < -0.3 is 10.1 Å². The number of nitrogens with zero attached hydrogens (tertiary/aromatic N) is 4. The lowest BCUT2D eigenvalue weighted by molar-refractivity contribution is -0.274. The molecular weight excluding hydrogens is 559 g/mol. The Kier molecular flexibility index (Phi) is 7.79. The summed E-state index contributed by atoms with van der Waals surface area (Å²) in [6.07, 6.45) is -8.76. The van der Waals surface area contributed by atoms with Crippen LogP contribution in [0.2, 0.25) is 0 Å². The van der Waals surface area contributed by atoms with Crippen LogP contribution in [0, 0.1) is 17.5 Å². The Morgan fingerprint density at radius 1 is 0.750 bits per heavy atom. The van der Waals surface area contributed by atoms with Crippen LogP contribution in [0.15, 0.2) is 65.8 Å². The van der Waals surface area contributed by atoms with Crippen molar-refractivity contribution in [1.29, 1.82) is 0 Å². The van der Waals surface area contributed by atoms with Crippen LogP contribution in [0.25, 0.3) is 11.4 Å². The molecule has 0 atom stereocenters. The fourth-order valence-electron chi connectivity index (χ4n) is 3.17. The third-order valence-electron chi connectivity index (χ3n) is 4.84. The standard InChI is InChI=1S/C24H13F9N6O/c25-16-9-6-13(10-15(16)23(28,29)30)35-21-36-20(19-17(26)2-1-3-18(19)27)37-22(38-21)39-34-11-12-4-7-14(8-5-12)40-24(31,32)33/h1-11H,(H2,35,36,37,38,39)/b34-11-. The Morgan fingerprint density at radius 2 is 1.40 bits per heavy atom. The van der Waals surface area contributed by atoms with E-state index in [2.05, 4.69) is 35.5 Å². The van der Waals surface area contributed by atoms with Gasteiger partial charge in [-0.2, -0.15) is 33.2 Å². The molecule has 0 saturated carbocycles. The van der Waals surface area contributed by atoms with E-state index in [1.807, 2.05) is 0 Å². The van der Waals surface area contributed by atoms with Crippen LogP contribution in [0.4, 0.5) is 57.1 Å². The highest BCUT2D eigenvalue weighted by Crippen LogP contribution is 2.34. The minimum atomic E-state index is -5.01. The molecule has 0 amide bonds. The lowest BCUT2D eigenvalue weighted by atomic mass is 10.2. The summed E-state index contributed by atoms with van der Waals surface area (Å²) in [6.45, 7) is 0. The van der Waals surface area contributed by atoms with Crippen LogP contribution >= 0.6 is 0 Å². The molecule has 7 nitrogen and oxygen atoms in total. The van der Waals surface area contributed by atoms with Crippen molar-refractivity contribution in [2.75, 3.05) is 10.7 Å². The molecule has 2 N–H and O–H groups in total. The van der Waals surface area contributed by atoms with Gasteiger partial charge in [0, 0.05) is 5.69 Å². The van der Waals surface area contributed by atoms with E-state index in [9.17, 15) is 39.5 Å². The van der Waals surface area contributed by atoms with E-state index >= 15 is 0 Å². The van der Waals surface area contributed by atoms with E-state index in [1.165, 1.54) is 12.1 Å². The van der Waals surface area contributed by atoms with Crippen LogP contribution in [0.3, 0.4) is 0 Å². The van der Waals surface area contributed by atoms with Crippen molar-refractivity contribution in [2.24, 2.45) is 5.10 Å².